The van der Waals surface area contributed by atoms with Crippen LogP contribution >= 0.6 is 15.9 Å². The van der Waals surface area contributed by atoms with E-state index in [1.165, 1.54) is 14.2 Å². The van der Waals surface area contributed by atoms with Crippen molar-refractivity contribution < 1.29 is 22.6 Å². The van der Waals surface area contributed by atoms with E-state index in [2.05, 4.69) is 15.9 Å². The molecule has 0 unspecified atom stereocenters. The molecule has 0 aliphatic carbocycles. The molecule has 7 heteroatoms. The predicted octanol–water partition coefficient (Wildman–Crippen LogP) is 3.81. The van der Waals surface area contributed by atoms with Gasteiger partial charge in [-0.1, -0.05) is 0 Å². The SMILES string of the molecule is COc1cc([C@@H](N)CCC(F)(F)F)c(OC)cc1Br. The summed E-state index contributed by atoms with van der Waals surface area (Å²) in [5.74, 6) is 0.931. The number of halogens is 4. The smallest absolute Gasteiger partial charge is 0.389 e. The molecule has 1 atom stereocenters. The zero-order valence-corrected chi connectivity index (χ0v) is 12.1. The average molecular weight is 342 g/mol. The van der Waals surface area contributed by atoms with Crippen LogP contribution in [0.2, 0.25) is 0 Å². The third-order valence-electron chi connectivity index (χ3n) is 2.64. The highest BCUT2D eigenvalue weighted by Gasteiger charge is 2.28. The number of alkyl halides is 3. The van der Waals surface area contributed by atoms with Crippen molar-refractivity contribution in [3.63, 3.8) is 0 Å². The quantitative estimate of drug-likeness (QED) is 0.885. The fraction of sp³-hybridized carbons (Fsp3) is 0.500. The summed E-state index contributed by atoms with van der Waals surface area (Å²) in [5, 5.41) is 0. The molecule has 0 saturated carbocycles. The Morgan fingerprint density at radius 1 is 1.21 bits per heavy atom. The van der Waals surface area contributed by atoms with E-state index >= 15 is 0 Å². The summed E-state index contributed by atoms with van der Waals surface area (Å²) in [6.45, 7) is 0. The van der Waals surface area contributed by atoms with Gasteiger partial charge in [0.05, 0.1) is 18.7 Å². The van der Waals surface area contributed by atoms with Gasteiger partial charge in [0.25, 0.3) is 0 Å². The number of hydrogen-bond donors (Lipinski definition) is 1. The minimum Gasteiger partial charge on any atom is -0.496 e. The molecule has 1 aromatic rings. The molecule has 108 valence electrons. The first-order chi connectivity index (χ1) is 8.78. The van der Waals surface area contributed by atoms with Gasteiger partial charge in [-0.3, -0.25) is 0 Å². The third kappa shape index (κ3) is 4.58. The zero-order chi connectivity index (χ0) is 14.6. The van der Waals surface area contributed by atoms with Gasteiger partial charge in [0.1, 0.15) is 11.5 Å². The molecule has 0 amide bonds. The molecule has 3 nitrogen and oxygen atoms in total. The first-order valence-electron chi connectivity index (χ1n) is 5.52. The van der Waals surface area contributed by atoms with Gasteiger partial charge < -0.3 is 15.2 Å². The van der Waals surface area contributed by atoms with E-state index in [0.29, 0.717) is 21.5 Å². The highest BCUT2D eigenvalue weighted by atomic mass is 79.9. The van der Waals surface area contributed by atoms with Crippen molar-refractivity contribution in [1.29, 1.82) is 0 Å². The van der Waals surface area contributed by atoms with Gasteiger partial charge in [0.15, 0.2) is 0 Å². The van der Waals surface area contributed by atoms with E-state index in [9.17, 15) is 13.2 Å². The van der Waals surface area contributed by atoms with E-state index in [1.54, 1.807) is 12.1 Å². The first kappa shape index (κ1) is 16.1. The summed E-state index contributed by atoms with van der Waals surface area (Å²) in [7, 11) is 2.91. The van der Waals surface area contributed by atoms with E-state index < -0.39 is 18.6 Å². The molecule has 0 aliphatic heterocycles. The molecule has 0 heterocycles. The maximum atomic E-state index is 12.2. The molecule has 0 bridgehead atoms. The second kappa shape index (κ2) is 6.47. The maximum absolute atomic E-state index is 12.2. The topological polar surface area (TPSA) is 44.5 Å². The van der Waals surface area contributed by atoms with E-state index in [-0.39, 0.29) is 6.42 Å². The standard InChI is InChI=1S/C12H15BrF3NO2/c1-18-10-6-8(13)11(19-2)5-7(10)9(17)3-4-12(14,15)16/h5-6,9H,3-4,17H2,1-2H3/t9-/m0/s1. The number of methoxy groups -OCH3 is 2. The van der Waals surface area contributed by atoms with Crippen LogP contribution in [0, 0.1) is 0 Å². The Kier molecular flexibility index (Phi) is 5.49. The molecule has 0 radical (unpaired) electrons. The van der Waals surface area contributed by atoms with Crippen LogP contribution in [0.1, 0.15) is 24.4 Å². The van der Waals surface area contributed by atoms with Crippen LogP contribution in [-0.4, -0.2) is 20.4 Å². The lowest BCUT2D eigenvalue weighted by atomic mass is 10.0. The number of nitrogens with two attached hydrogens (primary N) is 1. The van der Waals surface area contributed by atoms with Crippen molar-refractivity contribution in [2.75, 3.05) is 14.2 Å². The lowest BCUT2D eigenvalue weighted by molar-refractivity contribution is -0.136. The van der Waals surface area contributed by atoms with Crippen molar-refractivity contribution >= 4 is 15.9 Å². The van der Waals surface area contributed by atoms with Crippen LogP contribution in [0.4, 0.5) is 13.2 Å². The molecule has 0 fully saturated rings. The van der Waals surface area contributed by atoms with Gasteiger partial charge in [-0.15, -0.1) is 0 Å². The summed E-state index contributed by atoms with van der Waals surface area (Å²) in [6.07, 6.45) is -5.36. The molecule has 2 N–H and O–H groups in total. The average Bonchev–Trinajstić information content (AvgIpc) is 2.34. The van der Waals surface area contributed by atoms with Crippen LogP contribution in [0.5, 0.6) is 11.5 Å². The zero-order valence-electron chi connectivity index (χ0n) is 10.6. The molecular formula is C12H15BrF3NO2. The van der Waals surface area contributed by atoms with Crippen LogP contribution in [0.3, 0.4) is 0 Å². The lowest BCUT2D eigenvalue weighted by Crippen LogP contribution is -2.16. The minimum absolute atomic E-state index is 0.204. The third-order valence-corrected chi connectivity index (χ3v) is 3.26. The highest BCUT2D eigenvalue weighted by molar-refractivity contribution is 9.10. The van der Waals surface area contributed by atoms with Crippen molar-refractivity contribution in [3.05, 3.63) is 22.2 Å². The Balaban J connectivity index is 2.97. The predicted molar refractivity (Wildman–Crippen MR) is 69.5 cm³/mol. The van der Waals surface area contributed by atoms with Crippen LogP contribution in [0.15, 0.2) is 16.6 Å². The van der Waals surface area contributed by atoms with Gasteiger partial charge in [-0.25, -0.2) is 0 Å². The van der Waals surface area contributed by atoms with Crippen LogP contribution in [0.25, 0.3) is 0 Å². The van der Waals surface area contributed by atoms with Crippen molar-refractivity contribution in [2.45, 2.75) is 25.1 Å². The molecule has 0 saturated heterocycles. The highest BCUT2D eigenvalue weighted by Crippen LogP contribution is 2.37. The molecular weight excluding hydrogens is 327 g/mol. The Labute approximate surface area is 118 Å². The number of rotatable bonds is 5. The summed E-state index contributed by atoms with van der Waals surface area (Å²) < 4.78 is 47.5. The molecule has 1 aromatic carbocycles. The summed E-state index contributed by atoms with van der Waals surface area (Å²) in [4.78, 5) is 0. The molecule has 0 aromatic heterocycles. The number of hydrogen-bond acceptors (Lipinski definition) is 3. The minimum atomic E-state index is -4.22. The largest absolute Gasteiger partial charge is 0.496 e. The van der Waals surface area contributed by atoms with Crippen molar-refractivity contribution in [2.24, 2.45) is 5.73 Å². The maximum Gasteiger partial charge on any atom is 0.389 e. The van der Waals surface area contributed by atoms with Gasteiger partial charge in [0, 0.05) is 18.0 Å². The fourth-order valence-corrected chi connectivity index (χ4v) is 2.13. The van der Waals surface area contributed by atoms with E-state index in [1.807, 2.05) is 0 Å². The van der Waals surface area contributed by atoms with Crippen LogP contribution < -0.4 is 15.2 Å². The summed E-state index contributed by atoms with van der Waals surface area (Å²) in [6, 6.07) is 2.45. The Bertz CT molecular complexity index is 438. The number of ether oxygens (including phenoxy) is 2. The normalized spacial score (nSPS) is 13.2. The van der Waals surface area contributed by atoms with Gasteiger partial charge in [-0.05, 0) is 34.5 Å². The van der Waals surface area contributed by atoms with Crippen molar-refractivity contribution in [1.82, 2.24) is 0 Å². The first-order valence-corrected chi connectivity index (χ1v) is 6.31. The second-order valence-electron chi connectivity index (χ2n) is 3.99. The van der Waals surface area contributed by atoms with E-state index in [4.69, 9.17) is 15.2 Å². The molecule has 1 rings (SSSR count). The molecule has 19 heavy (non-hydrogen) atoms. The molecule has 0 spiro atoms. The van der Waals surface area contributed by atoms with Crippen molar-refractivity contribution in [3.8, 4) is 11.5 Å². The number of benzene rings is 1. The Morgan fingerprint density at radius 3 is 2.26 bits per heavy atom. The Hall–Kier alpha value is -0.950. The van der Waals surface area contributed by atoms with Gasteiger partial charge in [-0.2, -0.15) is 13.2 Å². The van der Waals surface area contributed by atoms with Crippen LogP contribution in [-0.2, 0) is 0 Å². The summed E-state index contributed by atoms with van der Waals surface area (Å²) >= 11 is 3.28. The fourth-order valence-electron chi connectivity index (χ4n) is 1.65. The lowest BCUT2D eigenvalue weighted by Gasteiger charge is -2.18. The Morgan fingerprint density at radius 2 is 1.79 bits per heavy atom. The molecule has 0 aliphatic rings. The monoisotopic (exact) mass is 341 g/mol. The van der Waals surface area contributed by atoms with Gasteiger partial charge in [0.2, 0.25) is 0 Å². The van der Waals surface area contributed by atoms with E-state index in [0.717, 1.165) is 0 Å². The summed E-state index contributed by atoms with van der Waals surface area (Å²) in [5.41, 5.74) is 6.29. The van der Waals surface area contributed by atoms with Gasteiger partial charge >= 0.3 is 6.18 Å². The second-order valence-corrected chi connectivity index (χ2v) is 4.84.